The van der Waals surface area contributed by atoms with E-state index in [1.165, 1.54) is 0 Å². The highest BCUT2D eigenvalue weighted by Crippen LogP contribution is 2.07. The first-order chi connectivity index (χ1) is 8.08. The van der Waals surface area contributed by atoms with E-state index < -0.39 is 6.04 Å². The lowest BCUT2D eigenvalue weighted by Crippen LogP contribution is -2.44. The fraction of sp³-hybridized carbons (Fsp3) is 0.556. The van der Waals surface area contributed by atoms with Gasteiger partial charge in [-0.25, -0.2) is 4.79 Å². The molecule has 8 nitrogen and oxygen atoms in total. The Morgan fingerprint density at radius 3 is 3.00 bits per heavy atom. The molecule has 1 aromatic heterocycles. The first kappa shape index (κ1) is 11.4. The third-order valence-corrected chi connectivity index (χ3v) is 2.58. The third-order valence-electron chi connectivity index (χ3n) is 2.58. The van der Waals surface area contributed by atoms with Crippen LogP contribution in [0.3, 0.4) is 0 Å². The molecular weight excluding hydrogens is 224 g/mol. The van der Waals surface area contributed by atoms with Crippen molar-refractivity contribution in [3.8, 4) is 0 Å². The molecule has 3 N–H and O–H groups in total. The summed E-state index contributed by atoms with van der Waals surface area (Å²) in [5.41, 5.74) is 0. The van der Waals surface area contributed by atoms with Crippen molar-refractivity contribution in [2.24, 2.45) is 7.05 Å². The van der Waals surface area contributed by atoms with E-state index in [0.717, 1.165) is 0 Å². The standard InChI is InChI=1S/C9H14N6O2/c1-5(7-14-11-4-15(7)2)12-8(16)6-3-10-9(17)13-6/h4-6H,3H2,1-2H3,(H,12,16)(H2,10,13,17)/t5-,6+/m1/s1. The normalized spacial score (nSPS) is 20.6. The van der Waals surface area contributed by atoms with Crippen molar-refractivity contribution in [3.63, 3.8) is 0 Å². The molecule has 17 heavy (non-hydrogen) atoms. The van der Waals surface area contributed by atoms with Crippen LogP contribution in [0, 0.1) is 0 Å². The van der Waals surface area contributed by atoms with Gasteiger partial charge in [-0.05, 0) is 6.92 Å². The molecule has 92 valence electrons. The molecule has 0 aliphatic carbocycles. The minimum Gasteiger partial charge on any atom is -0.345 e. The van der Waals surface area contributed by atoms with Crippen LogP contribution in [0.25, 0.3) is 0 Å². The van der Waals surface area contributed by atoms with Crippen molar-refractivity contribution in [2.75, 3.05) is 6.54 Å². The molecule has 1 aliphatic heterocycles. The first-order valence-electron chi connectivity index (χ1n) is 5.26. The van der Waals surface area contributed by atoms with E-state index in [2.05, 4.69) is 26.1 Å². The third kappa shape index (κ3) is 2.35. The Bertz CT molecular complexity index is 442. The molecule has 0 bridgehead atoms. The Morgan fingerprint density at radius 2 is 2.47 bits per heavy atom. The maximum atomic E-state index is 11.8. The van der Waals surface area contributed by atoms with Gasteiger partial charge in [0.25, 0.3) is 0 Å². The average Bonchev–Trinajstić information content (AvgIpc) is 2.86. The lowest BCUT2D eigenvalue weighted by molar-refractivity contribution is -0.123. The van der Waals surface area contributed by atoms with Gasteiger partial charge in [0.2, 0.25) is 5.91 Å². The van der Waals surface area contributed by atoms with Crippen molar-refractivity contribution in [1.29, 1.82) is 0 Å². The first-order valence-corrected chi connectivity index (χ1v) is 5.26. The van der Waals surface area contributed by atoms with Crippen molar-refractivity contribution in [3.05, 3.63) is 12.2 Å². The molecule has 0 radical (unpaired) electrons. The molecule has 1 aliphatic rings. The minimum absolute atomic E-state index is 0.237. The summed E-state index contributed by atoms with van der Waals surface area (Å²) in [6, 6.07) is -1.11. The topological polar surface area (TPSA) is 101 Å². The summed E-state index contributed by atoms with van der Waals surface area (Å²) in [6.45, 7) is 2.11. The van der Waals surface area contributed by atoms with E-state index in [0.29, 0.717) is 12.4 Å². The van der Waals surface area contributed by atoms with Gasteiger partial charge in [-0.3, -0.25) is 4.79 Å². The van der Waals surface area contributed by atoms with E-state index in [1.807, 2.05) is 6.92 Å². The number of amides is 3. The molecular formula is C9H14N6O2. The highest BCUT2D eigenvalue weighted by Gasteiger charge is 2.28. The predicted octanol–water partition coefficient (Wildman–Crippen LogP) is -1.33. The second-order valence-corrected chi connectivity index (χ2v) is 3.94. The van der Waals surface area contributed by atoms with E-state index in [9.17, 15) is 9.59 Å². The number of hydrogen-bond acceptors (Lipinski definition) is 4. The number of carbonyl (C=O) groups excluding carboxylic acids is 2. The van der Waals surface area contributed by atoms with E-state index in [-0.39, 0.29) is 18.0 Å². The maximum Gasteiger partial charge on any atom is 0.315 e. The minimum atomic E-state index is -0.529. The molecule has 0 unspecified atom stereocenters. The fourth-order valence-electron chi connectivity index (χ4n) is 1.68. The van der Waals surface area contributed by atoms with Gasteiger partial charge in [-0.15, -0.1) is 10.2 Å². The monoisotopic (exact) mass is 238 g/mol. The van der Waals surface area contributed by atoms with Crippen LogP contribution in [0.5, 0.6) is 0 Å². The van der Waals surface area contributed by atoms with Crippen molar-refractivity contribution < 1.29 is 9.59 Å². The Hall–Kier alpha value is -2.12. The number of nitrogens with zero attached hydrogens (tertiary/aromatic N) is 3. The molecule has 2 rings (SSSR count). The van der Waals surface area contributed by atoms with Gasteiger partial charge in [0, 0.05) is 13.6 Å². The second-order valence-electron chi connectivity index (χ2n) is 3.94. The molecule has 8 heteroatoms. The van der Waals surface area contributed by atoms with Crippen LogP contribution >= 0.6 is 0 Å². The number of urea groups is 1. The summed E-state index contributed by atoms with van der Waals surface area (Å²) in [5.74, 6) is 0.425. The van der Waals surface area contributed by atoms with Crippen LogP contribution in [0.15, 0.2) is 6.33 Å². The summed E-state index contributed by atoms with van der Waals surface area (Å²) < 4.78 is 1.73. The highest BCUT2D eigenvalue weighted by molar-refractivity contribution is 5.90. The number of nitrogens with one attached hydrogen (secondary N) is 3. The van der Waals surface area contributed by atoms with Gasteiger partial charge in [0.05, 0.1) is 6.04 Å². The van der Waals surface area contributed by atoms with E-state index >= 15 is 0 Å². The molecule has 1 saturated heterocycles. The van der Waals surface area contributed by atoms with Crippen molar-refractivity contribution >= 4 is 11.9 Å². The molecule has 1 aromatic rings. The van der Waals surface area contributed by atoms with Crippen molar-refractivity contribution in [1.82, 2.24) is 30.7 Å². The van der Waals surface area contributed by atoms with Crippen LogP contribution in [-0.2, 0) is 11.8 Å². The van der Waals surface area contributed by atoms with Gasteiger partial charge in [-0.2, -0.15) is 0 Å². The largest absolute Gasteiger partial charge is 0.345 e. The summed E-state index contributed by atoms with van der Waals surface area (Å²) in [4.78, 5) is 22.7. The molecule has 3 amide bonds. The zero-order valence-electron chi connectivity index (χ0n) is 9.60. The van der Waals surface area contributed by atoms with E-state index in [4.69, 9.17) is 0 Å². The Labute approximate surface area is 97.8 Å². The molecule has 0 spiro atoms. The lowest BCUT2D eigenvalue weighted by atomic mass is 10.2. The van der Waals surface area contributed by atoms with Crippen LogP contribution < -0.4 is 16.0 Å². The van der Waals surface area contributed by atoms with Gasteiger partial charge in [0.1, 0.15) is 12.4 Å². The number of rotatable bonds is 3. The number of carbonyl (C=O) groups is 2. The average molecular weight is 238 g/mol. The van der Waals surface area contributed by atoms with Crippen LogP contribution in [-0.4, -0.2) is 39.3 Å². The zero-order chi connectivity index (χ0) is 12.4. The van der Waals surface area contributed by atoms with Crippen molar-refractivity contribution in [2.45, 2.75) is 19.0 Å². The van der Waals surface area contributed by atoms with Gasteiger partial charge < -0.3 is 20.5 Å². The Morgan fingerprint density at radius 1 is 1.71 bits per heavy atom. The van der Waals surface area contributed by atoms with Crippen LogP contribution in [0.1, 0.15) is 18.8 Å². The predicted molar refractivity (Wildman–Crippen MR) is 57.9 cm³/mol. The second kappa shape index (κ2) is 4.40. The van der Waals surface area contributed by atoms with Crippen LogP contribution in [0.4, 0.5) is 4.79 Å². The Kier molecular flexibility index (Phi) is 2.94. The number of aryl methyl sites for hydroxylation is 1. The van der Waals surface area contributed by atoms with Gasteiger partial charge in [0.15, 0.2) is 5.82 Å². The summed E-state index contributed by atoms with van der Waals surface area (Å²) in [6.07, 6.45) is 1.57. The molecule has 0 aromatic carbocycles. The summed E-state index contributed by atoms with van der Waals surface area (Å²) in [7, 11) is 1.80. The van der Waals surface area contributed by atoms with Gasteiger partial charge >= 0.3 is 6.03 Å². The zero-order valence-corrected chi connectivity index (χ0v) is 9.60. The fourth-order valence-corrected chi connectivity index (χ4v) is 1.68. The molecule has 0 saturated carbocycles. The lowest BCUT2D eigenvalue weighted by Gasteiger charge is -2.15. The number of aromatic nitrogens is 3. The number of hydrogen-bond donors (Lipinski definition) is 3. The SMILES string of the molecule is C[C@@H](NC(=O)[C@@H]1CNC(=O)N1)c1nncn1C. The van der Waals surface area contributed by atoms with Crippen LogP contribution in [0.2, 0.25) is 0 Å². The van der Waals surface area contributed by atoms with Gasteiger partial charge in [-0.1, -0.05) is 0 Å². The molecule has 2 atom stereocenters. The van der Waals surface area contributed by atoms with E-state index in [1.54, 1.807) is 17.9 Å². The smallest absolute Gasteiger partial charge is 0.315 e. The summed E-state index contributed by atoms with van der Waals surface area (Å²) >= 11 is 0. The summed E-state index contributed by atoms with van der Waals surface area (Å²) in [5, 5.41) is 15.5. The maximum absolute atomic E-state index is 11.8. The molecule has 1 fully saturated rings. The Balaban J connectivity index is 1.95. The molecule has 2 heterocycles. The quantitative estimate of drug-likeness (QED) is 0.607. The highest BCUT2D eigenvalue weighted by atomic mass is 16.2.